The molecule has 0 aliphatic rings. The minimum absolute atomic E-state index is 0.000366. The van der Waals surface area contributed by atoms with Crippen molar-refractivity contribution in [2.24, 2.45) is 0 Å². The molecule has 0 aliphatic heterocycles. The van der Waals surface area contributed by atoms with E-state index in [0.717, 1.165) is 9.13 Å². The summed E-state index contributed by atoms with van der Waals surface area (Å²) in [5.41, 5.74) is 7.02. The zero-order valence-corrected chi connectivity index (χ0v) is 15.5. The molecule has 1 heterocycles. The highest BCUT2D eigenvalue weighted by atomic mass is 127. The number of rotatable bonds is 6. The second-order valence-electron chi connectivity index (χ2n) is 5.08. The van der Waals surface area contributed by atoms with Gasteiger partial charge < -0.3 is 19.6 Å². The normalized spacial score (nSPS) is 10.7. The maximum Gasteiger partial charge on any atom is 0.313 e. The van der Waals surface area contributed by atoms with E-state index in [0.29, 0.717) is 36.2 Å². The van der Waals surface area contributed by atoms with Crippen molar-refractivity contribution in [1.82, 2.24) is 10.2 Å². The number of hydrogen-bond acceptors (Lipinski definition) is 6. The molecule has 1 aromatic heterocycles. The molecule has 0 saturated heterocycles. The van der Waals surface area contributed by atoms with Crippen LogP contribution < -0.4 is 15.2 Å². The first-order chi connectivity index (χ1) is 12.1. The van der Waals surface area contributed by atoms with Crippen molar-refractivity contribution < 1.29 is 18.3 Å². The first-order valence-electron chi connectivity index (χ1n) is 7.49. The third kappa shape index (κ3) is 4.19. The molecular formula is C17H15FIN3O3. The van der Waals surface area contributed by atoms with E-state index in [-0.39, 0.29) is 11.8 Å². The fourth-order valence-electron chi connectivity index (χ4n) is 2.18. The highest BCUT2D eigenvalue weighted by Crippen LogP contribution is 2.37. The van der Waals surface area contributed by atoms with Crippen molar-refractivity contribution in [3.8, 4) is 23.0 Å². The molecule has 0 saturated carbocycles. The number of anilines is 1. The van der Waals surface area contributed by atoms with Crippen molar-refractivity contribution in [2.45, 2.75) is 13.5 Å². The zero-order chi connectivity index (χ0) is 17.8. The molecule has 0 fully saturated rings. The van der Waals surface area contributed by atoms with Crippen LogP contribution in [0.4, 0.5) is 10.4 Å². The molecule has 8 heteroatoms. The fourth-order valence-corrected chi connectivity index (χ4v) is 2.94. The molecule has 0 spiro atoms. The quantitative estimate of drug-likeness (QED) is 0.565. The lowest BCUT2D eigenvalue weighted by molar-refractivity contribution is 0.267. The largest absolute Gasteiger partial charge is 0.490 e. The maximum atomic E-state index is 13.0. The minimum atomic E-state index is -0.281. The second kappa shape index (κ2) is 7.68. The van der Waals surface area contributed by atoms with Crippen LogP contribution >= 0.6 is 22.6 Å². The van der Waals surface area contributed by atoms with Gasteiger partial charge in [0.1, 0.15) is 12.4 Å². The molecule has 2 aromatic carbocycles. The second-order valence-corrected chi connectivity index (χ2v) is 6.24. The van der Waals surface area contributed by atoms with Crippen LogP contribution in [0.2, 0.25) is 0 Å². The molecule has 6 nitrogen and oxygen atoms in total. The monoisotopic (exact) mass is 455 g/mol. The van der Waals surface area contributed by atoms with E-state index < -0.39 is 0 Å². The van der Waals surface area contributed by atoms with E-state index in [2.05, 4.69) is 32.8 Å². The van der Waals surface area contributed by atoms with Gasteiger partial charge in [-0.3, -0.25) is 0 Å². The Bertz CT molecular complexity index is 868. The SMILES string of the molecule is CCOc1cc(-c2nnc(N)o2)cc(I)c1OCc1ccc(F)cc1. The third-order valence-electron chi connectivity index (χ3n) is 3.29. The first-order valence-corrected chi connectivity index (χ1v) is 8.57. The van der Waals surface area contributed by atoms with Gasteiger partial charge >= 0.3 is 6.01 Å². The standard InChI is InChI=1S/C17H15FIN3O3/c1-2-23-14-8-11(16-21-22-17(20)25-16)7-13(19)15(14)24-9-10-3-5-12(18)6-4-10/h3-8H,2,9H2,1H3,(H2,20,22). The predicted molar refractivity (Wildman–Crippen MR) is 98.8 cm³/mol. The van der Waals surface area contributed by atoms with Gasteiger partial charge in [-0.25, -0.2) is 4.39 Å². The lowest BCUT2D eigenvalue weighted by atomic mass is 10.2. The summed E-state index contributed by atoms with van der Waals surface area (Å²) in [7, 11) is 0. The van der Waals surface area contributed by atoms with Gasteiger partial charge in [0.25, 0.3) is 0 Å². The summed E-state index contributed by atoms with van der Waals surface area (Å²) >= 11 is 2.15. The number of halogens is 2. The number of hydrogen-bond donors (Lipinski definition) is 1. The molecule has 0 atom stereocenters. The molecule has 0 unspecified atom stereocenters. The molecule has 25 heavy (non-hydrogen) atoms. The Morgan fingerprint density at radius 2 is 1.92 bits per heavy atom. The molecule has 3 rings (SSSR count). The van der Waals surface area contributed by atoms with E-state index in [1.807, 2.05) is 13.0 Å². The smallest absolute Gasteiger partial charge is 0.313 e. The van der Waals surface area contributed by atoms with Gasteiger partial charge in [0.05, 0.1) is 10.2 Å². The Morgan fingerprint density at radius 3 is 2.56 bits per heavy atom. The Kier molecular flexibility index (Phi) is 5.37. The third-order valence-corrected chi connectivity index (χ3v) is 4.09. The Hall–Kier alpha value is -2.36. The van der Waals surface area contributed by atoms with E-state index in [1.54, 1.807) is 18.2 Å². The number of benzene rings is 2. The van der Waals surface area contributed by atoms with Crippen LogP contribution in [0.3, 0.4) is 0 Å². The van der Waals surface area contributed by atoms with Crippen LogP contribution in [0.15, 0.2) is 40.8 Å². The summed E-state index contributed by atoms with van der Waals surface area (Å²) in [4.78, 5) is 0. The van der Waals surface area contributed by atoms with Crippen molar-refractivity contribution in [1.29, 1.82) is 0 Å². The van der Waals surface area contributed by atoms with E-state index in [9.17, 15) is 4.39 Å². The van der Waals surface area contributed by atoms with E-state index in [1.165, 1.54) is 12.1 Å². The molecular weight excluding hydrogens is 440 g/mol. The van der Waals surface area contributed by atoms with Gasteiger partial charge in [-0.1, -0.05) is 17.2 Å². The number of aromatic nitrogens is 2. The number of nitrogens with two attached hydrogens (primary N) is 1. The summed E-state index contributed by atoms with van der Waals surface area (Å²) in [6.45, 7) is 2.65. The Morgan fingerprint density at radius 1 is 1.16 bits per heavy atom. The van der Waals surface area contributed by atoms with Gasteiger partial charge in [0.2, 0.25) is 5.89 Å². The van der Waals surface area contributed by atoms with Crippen molar-refractivity contribution >= 4 is 28.6 Å². The predicted octanol–water partition coefficient (Wildman–Crippen LogP) is 4.04. The van der Waals surface area contributed by atoms with Crippen LogP contribution in [0.25, 0.3) is 11.5 Å². The molecule has 0 radical (unpaired) electrons. The highest BCUT2D eigenvalue weighted by Gasteiger charge is 2.16. The summed E-state index contributed by atoms with van der Waals surface area (Å²) in [5, 5.41) is 7.54. The highest BCUT2D eigenvalue weighted by molar-refractivity contribution is 14.1. The van der Waals surface area contributed by atoms with Crippen LogP contribution in [0.5, 0.6) is 11.5 Å². The van der Waals surface area contributed by atoms with E-state index in [4.69, 9.17) is 19.6 Å². The Balaban J connectivity index is 1.88. The fraction of sp³-hybridized carbons (Fsp3) is 0.176. The van der Waals surface area contributed by atoms with Gasteiger partial charge in [0.15, 0.2) is 11.5 Å². The molecule has 3 aromatic rings. The maximum absolute atomic E-state index is 13.0. The van der Waals surface area contributed by atoms with Crippen molar-refractivity contribution in [3.05, 3.63) is 51.3 Å². The molecule has 0 bridgehead atoms. The van der Waals surface area contributed by atoms with Gasteiger partial charge in [0, 0.05) is 5.56 Å². The summed E-state index contributed by atoms with van der Waals surface area (Å²) in [5.74, 6) is 1.18. The number of ether oxygens (including phenoxy) is 2. The first kappa shape index (κ1) is 17.5. The van der Waals surface area contributed by atoms with Crippen molar-refractivity contribution in [3.63, 3.8) is 0 Å². The number of nitrogen functional groups attached to an aromatic ring is 1. The zero-order valence-electron chi connectivity index (χ0n) is 13.3. The molecule has 0 aliphatic carbocycles. The summed E-state index contributed by atoms with van der Waals surface area (Å²) < 4.78 is 30.7. The van der Waals surface area contributed by atoms with Crippen LogP contribution in [-0.4, -0.2) is 16.8 Å². The van der Waals surface area contributed by atoms with Crippen LogP contribution in [0.1, 0.15) is 12.5 Å². The summed E-state index contributed by atoms with van der Waals surface area (Å²) in [6, 6.07) is 9.76. The topological polar surface area (TPSA) is 83.4 Å². The molecule has 130 valence electrons. The van der Waals surface area contributed by atoms with Crippen molar-refractivity contribution in [2.75, 3.05) is 12.3 Å². The van der Waals surface area contributed by atoms with Crippen LogP contribution in [-0.2, 0) is 6.61 Å². The van der Waals surface area contributed by atoms with Gasteiger partial charge in [-0.15, -0.1) is 5.10 Å². The lowest BCUT2D eigenvalue weighted by Crippen LogP contribution is -2.02. The van der Waals surface area contributed by atoms with Gasteiger partial charge in [-0.05, 0) is 59.3 Å². The minimum Gasteiger partial charge on any atom is -0.490 e. The van der Waals surface area contributed by atoms with Gasteiger partial charge in [-0.2, -0.15) is 0 Å². The number of nitrogens with zero attached hydrogens (tertiary/aromatic N) is 2. The molecule has 0 amide bonds. The average molecular weight is 455 g/mol. The summed E-state index contributed by atoms with van der Waals surface area (Å²) in [6.07, 6.45) is 0. The van der Waals surface area contributed by atoms with Crippen LogP contribution in [0, 0.1) is 9.39 Å². The van der Waals surface area contributed by atoms with E-state index >= 15 is 0 Å². The average Bonchev–Trinajstić information content (AvgIpc) is 3.02. The Labute approximate surface area is 157 Å². The molecule has 2 N–H and O–H groups in total. The lowest BCUT2D eigenvalue weighted by Gasteiger charge is -2.15.